The summed E-state index contributed by atoms with van der Waals surface area (Å²) in [6.07, 6.45) is 0. The van der Waals surface area contributed by atoms with Crippen molar-refractivity contribution in [3.8, 4) is 44.8 Å². The third-order valence-electron chi connectivity index (χ3n) is 9.17. The number of thiophene rings is 1. The molecule has 3 aromatic heterocycles. The first kappa shape index (κ1) is 13.2. The quantitative estimate of drug-likeness (QED) is 0.165. The van der Waals surface area contributed by atoms with E-state index in [2.05, 4.69) is 0 Å². The first-order chi connectivity index (χ1) is 42.4. The maximum absolute atomic E-state index is 10.2. The molecule has 0 aliphatic rings. The molecular weight excluding hydrogens is 709 g/mol. The number of rotatable bonds is 5. The number of nitrogens with zero attached hydrogens (tertiary/aromatic N) is 2. The minimum absolute atomic E-state index is 0.287. The number of fused-ring (bicyclic) bond motifs is 9. The minimum Gasteiger partial charge on any atom is -0.309 e. The summed E-state index contributed by atoms with van der Waals surface area (Å²) in [5.74, 6) is 0. The third kappa shape index (κ3) is 5.03. The van der Waals surface area contributed by atoms with E-state index in [0.29, 0.717) is 15.9 Å². The Labute approximate surface area is 381 Å². The second kappa shape index (κ2) is 12.7. The smallest absolute Gasteiger partial charge is 0.0652 e. The van der Waals surface area contributed by atoms with Crippen LogP contribution in [0.25, 0.3) is 109 Å². The van der Waals surface area contributed by atoms with Gasteiger partial charge < -0.3 is 9.13 Å². The fraction of sp³-hybridized carbons (Fsp3) is 0. The van der Waals surface area contributed by atoms with Crippen LogP contribution in [0.15, 0.2) is 205 Å². The molecule has 0 unspecified atom stereocenters. The van der Waals surface area contributed by atoms with Crippen molar-refractivity contribution in [3.05, 3.63) is 205 Å². The average Bonchev–Trinajstić information content (AvgIpc) is 1.55. The average molecular weight is 777 g/mol. The molecule has 9 aromatic carbocycles. The van der Waals surface area contributed by atoms with Crippen LogP contribution < -0.4 is 0 Å². The Bertz CT molecular complexity index is 5440. The number of hydrogen-bond donors (Lipinski definition) is 0. The second-order valence-corrected chi connectivity index (χ2v) is 13.3. The summed E-state index contributed by atoms with van der Waals surface area (Å²) >= 11 is 0.522. The zero-order valence-electron chi connectivity index (χ0n) is 62.3. The Morgan fingerprint density at radius 3 is 1.44 bits per heavy atom. The topological polar surface area (TPSA) is 9.86 Å². The van der Waals surface area contributed by atoms with Crippen LogP contribution >= 0.6 is 11.3 Å². The Morgan fingerprint density at radius 1 is 0.316 bits per heavy atom. The molecule has 3 heterocycles. The predicted molar refractivity (Wildman–Crippen MR) is 244 cm³/mol. The van der Waals surface area contributed by atoms with Gasteiger partial charge in [0.05, 0.1) is 68.7 Å². The highest BCUT2D eigenvalue weighted by molar-refractivity contribution is 7.26. The molecule has 0 fully saturated rings. The van der Waals surface area contributed by atoms with Gasteiger partial charge in [0, 0.05) is 58.7 Å². The number of hydrogen-bond acceptors (Lipinski definition) is 1. The van der Waals surface area contributed by atoms with E-state index in [9.17, 15) is 20.6 Å². The monoisotopic (exact) mass is 776 g/mol. The van der Waals surface area contributed by atoms with E-state index in [0.717, 1.165) is 4.57 Å². The Hall–Kier alpha value is -7.20. The molecule has 0 bridgehead atoms. The molecule has 0 spiro atoms. The Balaban J connectivity index is 1.28. The molecule has 0 N–H and O–H groups in total. The van der Waals surface area contributed by atoms with Crippen LogP contribution in [0.4, 0.5) is 0 Å². The summed E-state index contributed by atoms with van der Waals surface area (Å²) in [6, 6.07) is -32.2. The molecule has 0 amide bonds. The highest BCUT2D eigenvalue weighted by Crippen LogP contribution is 2.44. The van der Waals surface area contributed by atoms with Crippen LogP contribution in [0.2, 0.25) is 0 Å². The van der Waals surface area contributed by atoms with Crippen LogP contribution in [0.5, 0.6) is 0 Å². The highest BCUT2D eigenvalue weighted by atomic mass is 32.1. The van der Waals surface area contributed by atoms with Crippen molar-refractivity contribution in [1.82, 2.24) is 9.13 Å². The van der Waals surface area contributed by atoms with Gasteiger partial charge in [-0.1, -0.05) is 139 Å². The van der Waals surface area contributed by atoms with Gasteiger partial charge in [-0.25, -0.2) is 0 Å². The normalized spacial score (nSPS) is 20.2. The molecule has 57 heavy (non-hydrogen) atoms. The lowest BCUT2D eigenvalue weighted by atomic mass is 9.98. The second-order valence-electron chi connectivity index (χ2n) is 12.3. The van der Waals surface area contributed by atoms with E-state index in [1.54, 1.807) is 0 Å². The van der Waals surface area contributed by atoms with Crippen molar-refractivity contribution in [3.63, 3.8) is 0 Å². The van der Waals surface area contributed by atoms with Gasteiger partial charge in [0.2, 0.25) is 0 Å². The molecular formula is C54H34N2S. The SMILES string of the molecule is [2H]c1c([2H])c([2H])c(-c2c([2H])c([2H])c(-c3c([2H])c(-n4c5c([2H])c([2H])c([2H])c([2H])c5c5c([2H])c(-c6c([2H])c([2H])c7c(c6[2H])c6c([2H])c([2H])c([2H])c([2H])c6n7-c6c([2H])c([2H])c([2H])c([2H])c6[2H])c([2H])c([2H])c54)c([2H])c4c3sc3c([2H])c([2H])c([2H])c([2H])c34)c([2H])c2[2H])c([2H])c1[2H]. The molecule has 266 valence electrons. The van der Waals surface area contributed by atoms with E-state index < -0.39 is 305 Å². The zero-order chi connectivity index (χ0) is 67.0. The zero-order valence-corrected chi connectivity index (χ0v) is 29.1. The fourth-order valence-corrected chi connectivity index (χ4v) is 7.82. The lowest BCUT2D eigenvalue weighted by molar-refractivity contribution is 1.18. The summed E-state index contributed by atoms with van der Waals surface area (Å²) < 4.78 is 310. The van der Waals surface area contributed by atoms with Crippen LogP contribution in [0, 0.1) is 0 Å². The van der Waals surface area contributed by atoms with E-state index in [1.807, 2.05) is 0 Å². The van der Waals surface area contributed by atoms with Gasteiger partial charge in [-0.05, 0) is 94.3 Å². The largest absolute Gasteiger partial charge is 0.309 e. The van der Waals surface area contributed by atoms with Crippen molar-refractivity contribution in [2.45, 2.75) is 0 Å². The van der Waals surface area contributed by atoms with E-state index >= 15 is 0 Å². The summed E-state index contributed by atoms with van der Waals surface area (Å²) in [6.45, 7) is 0. The minimum atomic E-state index is -1.13. The molecule has 0 aliphatic heterocycles. The molecule has 12 rings (SSSR count). The van der Waals surface area contributed by atoms with Crippen molar-refractivity contribution >= 4 is 75.1 Å². The number of benzene rings is 9. The molecule has 3 heteroatoms. The van der Waals surface area contributed by atoms with Crippen LogP contribution in [0.3, 0.4) is 0 Å². The summed E-state index contributed by atoms with van der Waals surface area (Å²) in [5, 5.41) is -3.58. The number of para-hydroxylation sites is 3. The Kier molecular flexibility index (Phi) is 2.93. The van der Waals surface area contributed by atoms with Crippen molar-refractivity contribution in [1.29, 1.82) is 0 Å². The molecule has 12 aromatic rings. The maximum atomic E-state index is 10.2. The number of aromatic nitrogens is 2. The first-order valence-electron chi connectivity index (χ1n) is 33.7. The lowest BCUT2D eigenvalue weighted by Gasteiger charge is -2.13. The van der Waals surface area contributed by atoms with Gasteiger partial charge in [-0.2, -0.15) is 0 Å². The maximum Gasteiger partial charge on any atom is 0.0652 e. The van der Waals surface area contributed by atoms with Crippen LogP contribution in [-0.2, 0) is 0 Å². The summed E-state index contributed by atoms with van der Waals surface area (Å²) in [5.41, 5.74) is -9.32. The molecule has 0 aliphatic carbocycles. The molecule has 0 atom stereocenters. The molecule has 2 nitrogen and oxygen atoms in total. The van der Waals surface area contributed by atoms with Crippen molar-refractivity contribution < 1.29 is 46.6 Å². The summed E-state index contributed by atoms with van der Waals surface area (Å²) in [4.78, 5) is 0. The van der Waals surface area contributed by atoms with Gasteiger partial charge in [0.25, 0.3) is 0 Å². The molecule has 0 saturated carbocycles. The van der Waals surface area contributed by atoms with E-state index in [-0.39, 0.29) is 9.40 Å². The van der Waals surface area contributed by atoms with Gasteiger partial charge >= 0.3 is 0 Å². The predicted octanol–water partition coefficient (Wildman–Crippen LogP) is 15.2. The third-order valence-corrected chi connectivity index (χ3v) is 10.3. The Morgan fingerprint density at radius 2 is 0.789 bits per heavy atom. The van der Waals surface area contributed by atoms with Gasteiger partial charge in [0.1, 0.15) is 0 Å². The van der Waals surface area contributed by atoms with E-state index in [4.69, 9.17) is 26.0 Å². The molecule has 0 saturated heterocycles. The lowest BCUT2D eigenvalue weighted by Crippen LogP contribution is -1.95. The van der Waals surface area contributed by atoms with Crippen LogP contribution in [-0.4, -0.2) is 9.13 Å². The summed E-state index contributed by atoms with van der Waals surface area (Å²) in [7, 11) is 0. The first-order valence-corrected chi connectivity index (χ1v) is 17.6. The van der Waals surface area contributed by atoms with Crippen molar-refractivity contribution in [2.24, 2.45) is 0 Å². The standard InChI is InChI=1S/C54H34N2S/c1-3-13-35(14-4-1)36-23-25-37(26-24-36)45-33-41(34-48-44-19-9-12-22-53(44)57-54(45)48)56-50-21-11-8-18-43(50)47-32-39(28-30-52(47)56)38-27-29-51-46(31-38)42-17-7-10-20-49(42)55(51)40-15-5-2-6-16-40/h1-34H/i1D,2D,3D,4D,5D,6D,7D,8D,9D,10D,11D,12D,13D,14D,15D,16D,17D,18D,19D,20D,21D,22D,23D,24D,25D,26D,27D,28D,29D,30D,31D,32D,33D,34D. The van der Waals surface area contributed by atoms with Crippen molar-refractivity contribution in [2.75, 3.05) is 0 Å². The highest BCUT2D eigenvalue weighted by Gasteiger charge is 2.19. The van der Waals surface area contributed by atoms with Gasteiger partial charge in [-0.15, -0.1) is 11.3 Å². The van der Waals surface area contributed by atoms with Gasteiger partial charge in [0.15, 0.2) is 0 Å². The van der Waals surface area contributed by atoms with Gasteiger partial charge in [-0.3, -0.25) is 0 Å². The fourth-order valence-electron chi connectivity index (χ4n) is 6.75. The van der Waals surface area contributed by atoms with E-state index in [1.165, 1.54) is 0 Å². The molecule has 0 radical (unpaired) electrons. The van der Waals surface area contributed by atoms with Crippen LogP contribution in [0.1, 0.15) is 46.6 Å².